The van der Waals surface area contributed by atoms with Gasteiger partial charge in [-0.15, -0.1) is 0 Å². The van der Waals surface area contributed by atoms with Gasteiger partial charge in [0.15, 0.2) is 17.5 Å². The summed E-state index contributed by atoms with van der Waals surface area (Å²) < 4.78 is 11.3. The molecule has 9 aromatic carbocycles. The number of hydrogen-bond acceptors (Lipinski definition) is 4. The molecule has 0 N–H and O–H groups in total. The maximum Gasteiger partial charge on any atom is 0.166 e. The number of hydrogen-bond donors (Lipinski definition) is 0. The minimum atomic E-state index is 0.574. The van der Waals surface area contributed by atoms with Gasteiger partial charge < -0.3 is 13.6 Å². The summed E-state index contributed by atoms with van der Waals surface area (Å²) in [6.07, 6.45) is 0. The Balaban J connectivity index is 1.12. The molecule has 0 aliphatic carbocycles. The van der Waals surface area contributed by atoms with Crippen molar-refractivity contribution in [2.24, 2.45) is 0 Å². The van der Waals surface area contributed by atoms with Gasteiger partial charge in [0.05, 0.1) is 27.8 Å². The number of nitrogens with zero attached hydrogens (tertiary/aromatic N) is 5. The Morgan fingerprint density at radius 1 is 0.328 bits per heavy atom. The van der Waals surface area contributed by atoms with E-state index < -0.39 is 0 Å². The van der Waals surface area contributed by atoms with Crippen LogP contribution in [0.4, 0.5) is 0 Å². The van der Waals surface area contributed by atoms with Crippen LogP contribution < -0.4 is 0 Å². The zero-order valence-electron chi connectivity index (χ0n) is 32.7. The van der Waals surface area contributed by atoms with Crippen LogP contribution in [0.2, 0.25) is 0 Å². The second-order valence-electron chi connectivity index (χ2n) is 15.6. The minimum absolute atomic E-state index is 0.574. The molecule has 0 radical (unpaired) electrons. The molecule has 0 bridgehead atoms. The number of furan rings is 1. The van der Waals surface area contributed by atoms with Crippen LogP contribution in [-0.4, -0.2) is 24.1 Å². The third-order valence-electron chi connectivity index (χ3n) is 12.1. The SMILES string of the molecule is c1ccc(-c2nc(-c3ccc4c(c3)c3ccccc3n4-c3ccccc3)nc(-c3cc4c(cc3-n3c5ccccc5c5cc6ccccc6cc53)oc3ccccc34)n2)cc1. The third-order valence-corrected chi connectivity index (χ3v) is 12.1. The second-order valence-corrected chi connectivity index (χ2v) is 15.6. The predicted molar refractivity (Wildman–Crippen MR) is 250 cm³/mol. The van der Waals surface area contributed by atoms with E-state index in [4.69, 9.17) is 19.4 Å². The largest absolute Gasteiger partial charge is 0.456 e. The fourth-order valence-corrected chi connectivity index (χ4v) is 9.35. The number of rotatable bonds is 5. The quantitative estimate of drug-likeness (QED) is 0.175. The third kappa shape index (κ3) is 5.19. The molecule has 4 aromatic heterocycles. The van der Waals surface area contributed by atoms with E-state index in [0.717, 1.165) is 77.5 Å². The van der Waals surface area contributed by atoms with Crippen molar-refractivity contribution in [3.05, 3.63) is 200 Å². The van der Waals surface area contributed by atoms with Crippen LogP contribution in [0, 0.1) is 0 Å². The Morgan fingerprint density at radius 2 is 0.902 bits per heavy atom. The molecule has 0 saturated heterocycles. The molecule has 6 nitrogen and oxygen atoms in total. The van der Waals surface area contributed by atoms with Gasteiger partial charge in [0, 0.05) is 60.8 Å². The van der Waals surface area contributed by atoms with Crippen molar-refractivity contribution in [3.8, 4) is 45.5 Å². The van der Waals surface area contributed by atoms with Crippen molar-refractivity contribution in [2.45, 2.75) is 0 Å². The van der Waals surface area contributed by atoms with Crippen molar-refractivity contribution in [1.29, 1.82) is 0 Å². The molecule has 0 aliphatic heterocycles. The summed E-state index contributed by atoms with van der Waals surface area (Å²) in [5.41, 5.74) is 10.8. The zero-order valence-corrected chi connectivity index (χ0v) is 32.7. The zero-order chi connectivity index (χ0) is 40.0. The molecule has 0 aliphatic rings. The molecule has 61 heavy (non-hydrogen) atoms. The summed E-state index contributed by atoms with van der Waals surface area (Å²) in [7, 11) is 0. The molecule has 0 spiro atoms. The van der Waals surface area contributed by atoms with Crippen LogP contribution in [0.15, 0.2) is 205 Å². The van der Waals surface area contributed by atoms with Crippen molar-refractivity contribution >= 4 is 76.3 Å². The van der Waals surface area contributed by atoms with Crippen LogP contribution in [0.3, 0.4) is 0 Å². The van der Waals surface area contributed by atoms with Crippen LogP contribution in [0.5, 0.6) is 0 Å². The normalized spacial score (nSPS) is 11.9. The highest BCUT2D eigenvalue weighted by Crippen LogP contribution is 2.42. The van der Waals surface area contributed by atoms with Gasteiger partial charge in [0.25, 0.3) is 0 Å². The van der Waals surface area contributed by atoms with Gasteiger partial charge in [-0.05, 0) is 77.5 Å². The molecule has 13 rings (SSSR count). The van der Waals surface area contributed by atoms with Gasteiger partial charge in [0.1, 0.15) is 11.2 Å². The van der Waals surface area contributed by atoms with Crippen LogP contribution in [-0.2, 0) is 0 Å². The smallest absolute Gasteiger partial charge is 0.166 e. The Hall–Kier alpha value is -8.35. The first kappa shape index (κ1) is 33.6. The van der Waals surface area contributed by atoms with Crippen LogP contribution in [0.1, 0.15) is 0 Å². The molecular weight excluding hydrogens is 747 g/mol. The van der Waals surface area contributed by atoms with Gasteiger partial charge in [-0.2, -0.15) is 0 Å². The Morgan fingerprint density at radius 3 is 1.67 bits per heavy atom. The molecule has 0 saturated carbocycles. The lowest BCUT2D eigenvalue weighted by molar-refractivity contribution is 0.668. The van der Waals surface area contributed by atoms with Crippen molar-refractivity contribution in [2.75, 3.05) is 0 Å². The molecule has 6 heteroatoms. The monoisotopic (exact) mass is 779 g/mol. The lowest BCUT2D eigenvalue weighted by Crippen LogP contribution is -2.04. The van der Waals surface area contributed by atoms with Gasteiger partial charge in [-0.25, -0.2) is 15.0 Å². The van der Waals surface area contributed by atoms with Crippen LogP contribution >= 0.6 is 0 Å². The summed E-state index contributed by atoms with van der Waals surface area (Å²) in [5.74, 6) is 1.77. The van der Waals surface area contributed by atoms with Crippen molar-refractivity contribution in [1.82, 2.24) is 24.1 Å². The molecular formula is C55H33N5O. The van der Waals surface area contributed by atoms with E-state index in [0.29, 0.717) is 17.5 Å². The summed E-state index contributed by atoms with van der Waals surface area (Å²) in [6.45, 7) is 0. The lowest BCUT2D eigenvalue weighted by atomic mass is 10.0. The predicted octanol–water partition coefficient (Wildman–Crippen LogP) is 14.1. The van der Waals surface area contributed by atoms with E-state index in [-0.39, 0.29) is 0 Å². The van der Waals surface area contributed by atoms with E-state index in [1.807, 2.05) is 30.3 Å². The topological polar surface area (TPSA) is 61.7 Å². The van der Waals surface area contributed by atoms with E-state index >= 15 is 0 Å². The highest BCUT2D eigenvalue weighted by Gasteiger charge is 2.23. The van der Waals surface area contributed by atoms with E-state index in [2.05, 4.69) is 179 Å². The first-order valence-corrected chi connectivity index (χ1v) is 20.5. The minimum Gasteiger partial charge on any atom is -0.456 e. The fraction of sp³-hybridized carbons (Fsp3) is 0. The molecule has 0 amide bonds. The number of para-hydroxylation sites is 4. The molecule has 4 heterocycles. The lowest BCUT2D eigenvalue weighted by Gasteiger charge is -2.15. The summed E-state index contributed by atoms with van der Waals surface area (Å²) in [6, 6.07) is 70.3. The standard InChI is InChI=1S/C55H33N5O/c1-3-15-34(16-4-1)53-56-54(37-27-28-48-42(30-37)39-21-9-12-24-46(39)59(48)38-19-5-2-6-20-38)58-55(57-53)45-32-44-41-23-11-14-26-51(41)61-52(44)33-50(45)60-47-25-13-10-22-40(47)43-29-35-17-7-8-18-36(35)31-49(43)60/h1-33H. The second kappa shape index (κ2) is 13.1. The number of aromatic nitrogens is 5. The van der Waals surface area contributed by atoms with Gasteiger partial charge in [-0.1, -0.05) is 127 Å². The van der Waals surface area contributed by atoms with Gasteiger partial charge in [0.2, 0.25) is 0 Å². The molecule has 13 aromatic rings. The Kier molecular flexibility index (Phi) is 7.21. The first-order chi connectivity index (χ1) is 30.2. The molecule has 0 atom stereocenters. The average molecular weight is 780 g/mol. The Bertz CT molecular complexity index is 3880. The van der Waals surface area contributed by atoms with Gasteiger partial charge >= 0.3 is 0 Å². The number of benzene rings is 9. The Labute approximate surface area is 349 Å². The molecule has 0 unspecified atom stereocenters. The first-order valence-electron chi connectivity index (χ1n) is 20.5. The fourth-order valence-electron chi connectivity index (χ4n) is 9.35. The average Bonchev–Trinajstić information content (AvgIpc) is 3.97. The van der Waals surface area contributed by atoms with E-state index in [9.17, 15) is 0 Å². The summed E-state index contributed by atoms with van der Waals surface area (Å²) in [5, 5.41) is 9.05. The van der Waals surface area contributed by atoms with E-state index in [1.165, 1.54) is 26.9 Å². The summed E-state index contributed by atoms with van der Waals surface area (Å²) >= 11 is 0. The van der Waals surface area contributed by atoms with Crippen molar-refractivity contribution < 1.29 is 4.42 Å². The highest BCUT2D eigenvalue weighted by atomic mass is 16.3. The maximum atomic E-state index is 6.60. The molecule has 0 fully saturated rings. The van der Waals surface area contributed by atoms with Crippen LogP contribution in [0.25, 0.3) is 122 Å². The highest BCUT2D eigenvalue weighted by molar-refractivity contribution is 6.15. The van der Waals surface area contributed by atoms with Gasteiger partial charge in [-0.3, -0.25) is 0 Å². The number of fused-ring (bicyclic) bond motifs is 10. The molecule has 284 valence electrons. The maximum absolute atomic E-state index is 6.60. The van der Waals surface area contributed by atoms with E-state index in [1.54, 1.807) is 0 Å². The van der Waals surface area contributed by atoms with Crippen molar-refractivity contribution in [3.63, 3.8) is 0 Å². The summed E-state index contributed by atoms with van der Waals surface area (Å²) in [4.78, 5) is 16.0.